The van der Waals surface area contributed by atoms with E-state index in [4.69, 9.17) is 0 Å². The highest BCUT2D eigenvalue weighted by molar-refractivity contribution is 6.04. The van der Waals surface area contributed by atoms with E-state index in [-0.39, 0.29) is 11.5 Å². The van der Waals surface area contributed by atoms with Gasteiger partial charge in [0, 0.05) is 12.6 Å². The average Bonchev–Trinajstić information content (AvgIpc) is 2.00. The Bertz CT molecular complexity index is 226. The smallest absolute Gasteiger partial charge is 0.159 e. The summed E-state index contributed by atoms with van der Waals surface area (Å²) >= 11 is 0. The molecule has 0 spiro atoms. The molecule has 0 aromatic carbocycles. The number of nitrogens with zero attached hydrogens (tertiary/aromatic N) is 1. The van der Waals surface area contributed by atoms with Gasteiger partial charge in [0.05, 0.1) is 5.71 Å². The van der Waals surface area contributed by atoms with Gasteiger partial charge in [0.25, 0.3) is 0 Å². The van der Waals surface area contributed by atoms with E-state index in [1.807, 2.05) is 0 Å². The maximum atomic E-state index is 10.7. The molecule has 0 aliphatic rings. The molecule has 0 unspecified atom stereocenters. The number of Topliss-reactive ketones (excluding diaryl/α,β-unsaturated/α-hetero) is 1. The molecule has 0 atom stereocenters. The van der Waals surface area contributed by atoms with E-state index in [9.17, 15) is 9.90 Å². The standard InChI is InChI=1S/C8H13NO2/c1-5(7(3)10)8(11)6(2)9-4/h11H,1-4H3/b8-5+,9-6?. The van der Waals surface area contributed by atoms with Crippen molar-refractivity contribution < 1.29 is 9.90 Å². The van der Waals surface area contributed by atoms with Crippen molar-refractivity contribution in [2.24, 2.45) is 4.99 Å². The van der Waals surface area contributed by atoms with Gasteiger partial charge < -0.3 is 5.11 Å². The summed E-state index contributed by atoms with van der Waals surface area (Å²) in [5, 5.41) is 9.28. The van der Waals surface area contributed by atoms with Crippen LogP contribution < -0.4 is 0 Å². The second-order valence-electron chi connectivity index (χ2n) is 2.34. The van der Waals surface area contributed by atoms with Crippen LogP contribution >= 0.6 is 0 Å². The Morgan fingerprint density at radius 1 is 1.27 bits per heavy atom. The Labute approximate surface area is 66.5 Å². The van der Waals surface area contributed by atoms with E-state index in [2.05, 4.69) is 4.99 Å². The number of hydrogen-bond acceptors (Lipinski definition) is 3. The molecule has 0 saturated carbocycles. The Balaban J connectivity index is 4.81. The van der Waals surface area contributed by atoms with E-state index >= 15 is 0 Å². The molecule has 3 nitrogen and oxygen atoms in total. The molecule has 3 heteroatoms. The van der Waals surface area contributed by atoms with Crippen LogP contribution in [0.5, 0.6) is 0 Å². The molecule has 0 rings (SSSR count). The molecule has 0 saturated heterocycles. The van der Waals surface area contributed by atoms with Gasteiger partial charge in [0.15, 0.2) is 5.78 Å². The topological polar surface area (TPSA) is 49.7 Å². The lowest BCUT2D eigenvalue weighted by Crippen LogP contribution is -2.04. The fraction of sp³-hybridized carbons (Fsp3) is 0.500. The Morgan fingerprint density at radius 2 is 1.73 bits per heavy atom. The van der Waals surface area contributed by atoms with Gasteiger partial charge in [-0.3, -0.25) is 9.79 Å². The monoisotopic (exact) mass is 155 g/mol. The van der Waals surface area contributed by atoms with Gasteiger partial charge in [-0.15, -0.1) is 0 Å². The van der Waals surface area contributed by atoms with E-state index in [1.165, 1.54) is 6.92 Å². The molecule has 0 amide bonds. The van der Waals surface area contributed by atoms with E-state index in [0.29, 0.717) is 11.3 Å². The van der Waals surface area contributed by atoms with Crippen LogP contribution in [0.25, 0.3) is 0 Å². The van der Waals surface area contributed by atoms with Crippen molar-refractivity contribution in [1.29, 1.82) is 0 Å². The lowest BCUT2D eigenvalue weighted by Gasteiger charge is -2.00. The van der Waals surface area contributed by atoms with Crippen LogP contribution in [-0.2, 0) is 4.79 Å². The predicted octanol–water partition coefficient (Wildman–Crippen LogP) is 1.50. The first kappa shape index (κ1) is 9.88. The van der Waals surface area contributed by atoms with Gasteiger partial charge in [-0.1, -0.05) is 0 Å². The molecule has 62 valence electrons. The van der Waals surface area contributed by atoms with Crippen LogP contribution in [-0.4, -0.2) is 23.6 Å². The zero-order chi connectivity index (χ0) is 9.02. The molecule has 0 aliphatic heterocycles. The normalized spacial score (nSPS) is 14.4. The number of aliphatic hydroxyl groups excluding tert-OH is 1. The van der Waals surface area contributed by atoms with Gasteiger partial charge in [-0.2, -0.15) is 0 Å². The zero-order valence-corrected chi connectivity index (χ0v) is 7.30. The van der Waals surface area contributed by atoms with Crippen LogP contribution in [0.4, 0.5) is 0 Å². The van der Waals surface area contributed by atoms with Crippen LogP contribution in [0, 0.1) is 0 Å². The van der Waals surface area contributed by atoms with E-state index in [0.717, 1.165) is 0 Å². The summed E-state index contributed by atoms with van der Waals surface area (Å²) in [6, 6.07) is 0. The van der Waals surface area contributed by atoms with Crippen molar-refractivity contribution >= 4 is 11.5 Å². The van der Waals surface area contributed by atoms with E-state index < -0.39 is 0 Å². The second kappa shape index (κ2) is 3.91. The quantitative estimate of drug-likeness (QED) is 0.373. The molecule has 0 aliphatic carbocycles. The Kier molecular flexibility index (Phi) is 3.51. The number of hydrogen-bond donors (Lipinski definition) is 1. The third-order valence-electron chi connectivity index (χ3n) is 1.56. The number of ketones is 1. The molecule has 11 heavy (non-hydrogen) atoms. The highest BCUT2D eigenvalue weighted by atomic mass is 16.3. The maximum Gasteiger partial charge on any atom is 0.159 e. The summed E-state index contributed by atoms with van der Waals surface area (Å²) < 4.78 is 0. The number of carbonyl (C=O) groups excluding carboxylic acids is 1. The second-order valence-corrected chi connectivity index (χ2v) is 2.34. The summed E-state index contributed by atoms with van der Waals surface area (Å²) in [5.41, 5.74) is 0.839. The summed E-state index contributed by atoms with van der Waals surface area (Å²) in [6.07, 6.45) is 0. The first-order valence-electron chi connectivity index (χ1n) is 3.35. The minimum atomic E-state index is -0.134. The first-order chi connectivity index (χ1) is 5.00. The van der Waals surface area contributed by atoms with Crippen molar-refractivity contribution in [1.82, 2.24) is 0 Å². The van der Waals surface area contributed by atoms with Crippen molar-refractivity contribution in [3.8, 4) is 0 Å². The van der Waals surface area contributed by atoms with Gasteiger partial charge in [0.2, 0.25) is 0 Å². The molecule has 0 bridgehead atoms. The summed E-state index contributed by atoms with van der Waals surface area (Å²) in [5.74, 6) is -0.148. The summed E-state index contributed by atoms with van der Waals surface area (Å²) in [7, 11) is 1.57. The van der Waals surface area contributed by atoms with Crippen LogP contribution in [0.3, 0.4) is 0 Å². The van der Waals surface area contributed by atoms with Crippen molar-refractivity contribution in [3.63, 3.8) is 0 Å². The number of carbonyl (C=O) groups is 1. The highest BCUT2D eigenvalue weighted by Gasteiger charge is 2.06. The number of aliphatic hydroxyl groups is 1. The molecule has 0 aromatic rings. The molecule has 1 N–H and O–H groups in total. The van der Waals surface area contributed by atoms with Crippen molar-refractivity contribution in [3.05, 3.63) is 11.3 Å². The largest absolute Gasteiger partial charge is 0.506 e. The van der Waals surface area contributed by atoms with Crippen molar-refractivity contribution in [2.75, 3.05) is 7.05 Å². The lowest BCUT2D eigenvalue weighted by molar-refractivity contribution is -0.113. The van der Waals surface area contributed by atoms with E-state index in [1.54, 1.807) is 20.9 Å². The number of aliphatic imine (C=N–C) groups is 1. The maximum absolute atomic E-state index is 10.7. The molecule has 0 aromatic heterocycles. The fourth-order valence-corrected chi connectivity index (χ4v) is 0.544. The average molecular weight is 155 g/mol. The molecule has 0 fully saturated rings. The zero-order valence-electron chi connectivity index (χ0n) is 7.30. The fourth-order valence-electron chi connectivity index (χ4n) is 0.544. The predicted molar refractivity (Wildman–Crippen MR) is 45.0 cm³/mol. The van der Waals surface area contributed by atoms with Gasteiger partial charge in [-0.05, 0) is 20.8 Å². The Hall–Kier alpha value is -1.12. The third kappa shape index (κ3) is 2.53. The molecule has 0 radical (unpaired) electrons. The molecular weight excluding hydrogens is 142 g/mol. The highest BCUT2D eigenvalue weighted by Crippen LogP contribution is 2.03. The first-order valence-corrected chi connectivity index (χ1v) is 3.35. The number of rotatable bonds is 2. The van der Waals surface area contributed by atoms with Crippen LogP contribution in [0.2, 0.25) is 0 Å². The lowest BCUT2D eigenvalue weighted by atomic mass is 10.1. The molecule has 0 heterocycles. The minimum Gasteiger partial charge on any atom is -0.506 e. The van der Waals surface area contributed by atoms with Gasteiger partial charge in [-0.25, -0.2) is 0 Å². The Morgan fingerprint density at radius 3 is 2.00 bits per heavy atom. The third-order valence-corrected chi connectivity index (χ3v) is 1.56. The summed E-state index contributed by atoms with van der Waals surface area (Å²) in [4.78, 5) is 14.5. The summed E-state index contributed by atoms with van der Waals surface area (Å²) in [6.45, 7) is 4.64. The van der Waals surface area contributed by atoms with Crippen molar-refractivity contribution in [2.45, 2.75) is 20.8 Å². The van der Waals surface area contributed by atoms with Crippen LogP contribution in [0.15, 0.2) is 16.3 Å². The minimum absolute atomic E-state index is 0.0139. The SMILES string of the molecule is CN=C(C)/C(O)=C(/C)C(C)=O. The van der Waals surface area contributed by atoms with Gasteiger partial charge >= 0.3 is 0 Å². The van der Waals surface area contributed by atoms with Gasteiger partial charge in [0.1, 0.15) is 5.76 Å². The molecular formula is C8H13NO2. The van der Waals surface area contributed by atoms with Crippen LogP contribution in [0.1, 0.15) is 20.8 Å². The number of allylic oxidation sites excluding steroid dienone is 2.